The molecule has 66 valence electrons. The van der Waals surface area contributed by atoms with E-state index in [1.165, 1.54) is 0 Å². The number of carbonyl (C=O) groups excluding carboxylic acids is 1. The Morgan fingerprint density at radius 2 is 2.42 bits per heavy atom. The molecule has 0 bridgehead atoms. The van der Waals surface area contributed by atoms with Crippen LogP contribution in [0, 0.1) is 0 Å². The fourth-order valence-electron chi connectivity index (χ4n) is 0.669. The number of esters is 1. The highest BCUT2D eigenvalue weighted by atomic mass is 32.1. The maximum Gasteiger partial charge on any atom is 0.360 e. The van der Waals surface area contributed by atoms with E-state index in [1.54, 1.807) is 19.2 Å². The Kier molecular flexibility index (Phi) is 2.65. The lowest BCUT2D eigenvalue weighted by molar-refractivity contribution is 0.0373. The summed E-state index contributed by atoms with van der Waals surface area (Å²) in [5.74, 6) is -0.455. The summed E-state index contributed by atoms with van der Waals surface area (Å²) >= 11 is 1.15. The fourth-order valence-corrected chi connectivity index (χ4v) is 1.23. The van der Waals surface area contributed by atoms with Gasteiger partial charge in [0.15, 0.2) is 5.69 Å². The summed E-state index contributed by atoms with van der Waals surface area (Å²) in [5, 5.41) is 1.61. The van der Waals surface area contributed by atoms with Crippen molar-refractivity contribution in [1.29, 1.82) is 0 Å². The fraction of sp³-hybridized carbons (Fsp3) is 0.429. The van der Waals surface area contributed by atoms with Gasteiger partial charge < -0.3 is 10.5 Å². The van der Waals surface area contributed by atoms with Crippen LogP contribution < -0.4 is 5.73 Å². The molecule has 1 aromatic rings. The highest BCUT2D eigenvalue weighted by molar-refractivity contribution is 7.04. The zero-order chi connectivity index (χ0) is 9.14. The van der Waals surface area contributed by atoms with Crippen LogP contribution in [0.25, 0.3) is 0 Å². The molecular formula is C7H10N2O2S. The molecule has 0 saturated carbocycles. The molecule has 2 N–H and O–H groups in total. The zero-order valence-electron chi connectivity index (χ0n) is 6.90. The molecule has 0 aliphatic rings. The number of anilines is 1. The first-order valence-electron chi connectivity index (χ1n) is 3.52. The number of nitrogens with zero attached hydrogens (tertiary/aromatic N) is 1. The smallest absolute Gasteiger partial charge is 0.360 e. The van der Waals surface area contributed by atoms with Crippen LogP contribution in [0.1, 0.15) is 24.3 Å². The van der Waals surface area contributed by atoms with Gasteiger partial charge in [-0.25, -0.2) is 4.79 Å². The molecule has 0 aliphatic heterocycles. The number of ether oxygens (including phenoxy) is 1. The third-order valence-corrected chi connectivity index (χ3v) is 1.78. The maximum absolute atomic E-state index is 11.2. The molecule has 0 atom stereocenters. The Labute approximate surface area is 74.5 Å². The molecule has 0 aliphatic carbocycles. The SMILES string of the molecule is CC(C)OC(=O)c1nscc1N. The Balaban J connectivity index is 2.72. The minimum absolute atomic E-state index is 0.140. The highest BCUT2D eigenvalue weighted by Gasteiger charge is 2.14. The van der Waals surface area contributed by atoms with Gasteiger partial charge in [-0.2, -0.15) is 4.37 Å². The van der Waals surface area contributed by atoms with Crippen LogP contribution in [0.5, 0.6) is 0 Å². The van der Waals surface area contributed by atoms with Gasteiger partial charge in [0, 0.05) is 5.38 Å². The van der Waals surface area contributed by atoms with E-state index < -0.39 is 5.97 Å². The van der Waals surface area contributed by atoms with Crippen molar-refractivity contribution in [2.24, 2.45) is 0 Å². The Morgan fingerprint density at radius 1 is 1.75 bits per heavy atom. The molecule has 0 spiro atoms. The second kappa shape index (κ2) is 3.53. The van der Waals surface area contributed by atoms with E-state index in [4.69, 9.17) is 10.5 Å². The van der Waals surface area contributed by atoms with Gasteiger partial charge in [0.25, 0.3) is 0 Å². The van der Waals surface area contributed by atoms with Gasteiger partial charge in [-0.1, -0.05) is 0 Å². The predicted octanol–water partition coefficient (Wildman–Crippen LogP) is 1.29. The summed E-state index contributed by atoms with van der Waals surface area (Å²) in [6, 6.07) is 0. The van der Waals surface area contributed by atoms with E-state index in [2.05, 4.69) is 4.37 Å². The van der Waals surface area contributed by atoms with Crippen molar-refractivity contribution in [3.8, 4) is 0 Å². The van der Waals surface area contributed by atoms with Crippen LogP contribution in [0.3, 0.4) is 0 Å². The normalized spacial score (nSPS) is 10.2. The van der Waals surface area contributed by atoms with E-state index in [1.807, 2.05) is 0 Å². The van der Waals surface area contributed by atoms with Gasteiger partial charge in [0.05, 0.1) is 11.8 Å². The number of aromatic nitrogens is 1. The van der Waals surface area contributed by atoms with E-state index in [-0.39, 0.29) is 11.8 Å². The number of nitrogens with two attached hydrogens (primary N) is 1. The lowest BCUT2D eigenvalue weighted by Gasteiger charge is -2.05. The maximum atomic E-state index is 11.2. The van der Waals surface area contributed by atoms with E-state index >= 15 is 0 Å². The predicted molar refractivity (Wildman–Crippen MR) is 47.1 cm³/mol. The second-order valence-electron chi connectivity index (χ2n) is 2.57. The molecule has 0 amide bonds. The van der Waals surface area contributed by atoms with Crippen LogP contribution >= 0.6 is 11.5 Å². The molecule has 1 rings (SSSR count). The molecule has 0 unspecified atom stereocenters. The molecule has 0 fully saturated rings. The van der Waals surface area contributed by atoms with Crippen LogP contribution in [0.4, 0.5) is 5.69 Å². The summed E-state index contributed by atoms with van der Waals surface area (Å²) in [5.41, 5.74) is 6.06. The first kappa shape index (κ1) is 8.99. The van der Waals surface area contributed by atoms with Gasteiger partial charge >= 0.3 is 5.97 Å². The number of hydrogen-bond donors (Lipinski definition) is 1. The minimum Gasteiger partial charge on any atom is -0.458 e. The monoisotopic (exact) mass is 186 g/mol. The lowest BCUT2D eigenvalue weighted by atomic mass is 10.4. The number of carbonyl (C=O) groups is 1. The molecule has 0 saturated heterocycles. The molecule has 0 radical (unpaired) electrons. The molecule has 1 aromatic heterocycles. The lowest BCUT2D eigenvalue weighted by Crippen LogP contribution is -2.13. The molecule has 12 heavy (non-hydrogen) atoms. The number of hydrogen-bond acceptors (Lipinski definition) is 5. The van der Waals surface area contributed by atoms with Crippen molar-refractivity contribution in [2.75, 3.05) is 5.73 Å². The van der Waals surface area contributed by atoms with Crippen molar-refractivity contribution in [3.63, 3.8) is 0 Å². The summed E-state index contributed by atoms with van der Waals surface area (Å²) in [7, 11) is 0. The van der Waals surface area contributed by atoms with Gasteiger partial charge in [0.2, 0.25) is 0 Å². The van der Waals surface area contributed by atoms with E-state index in [0.717, 1.165) is 11.5 Å². The van der Waals surface area contributed by atoms with Gasteiger partial charge in [-0.05, 0) is 25.4 Å². The van der Waals surface area contributed by atoms with Crippen LogP contribution in [-0.4, -0.2) is 16.4 Å². The Hall–Kier alpha value is -1.10. The standard InChI is InChI=1S/C7H10N2O2S/c1-4(2)11-7(10)6-5(8)3-12-9-6/h3-4H,8H2,1-2H3. The Morgan fingerprint density at radius 3 is 2.83 bits per heavy atom. The average Bonchev–Trinajstić information content (AvgIpc) is 2.33. The van der Waals surface area contributed by atoms with Gasteiger partial charge in [0.1, 0.15) is 0 Å². The first-order valence-corrected chi connectivity index (χ1v) is 4.35. The quantitative estimate of drug-likeness (QED) is 0.707. The third kappa shape index (κ3) is 1.94. The number of nitrogen functional groups attached to an aromatic ring is 1. The van der Waals surface area contributed by atoms with E-state index in [9.17, 15) is 4.79 Å². The molecular weight excluding hydrogens is 176 g/mol. The van der Waals surface area contributed by atoms with Crippen molar-refractivity contribution in [3.05, 3.63) is 11.1 Å². The second-order valence-corrected chi connectivity index (χ2v) is 3.20. The van der Waals surface area contributed by atoms with Gasteiger partial charge in [-0.15, -0.1) is 0 Å². The molecule has 4 nitrogen and oxygen atoms in total. The van der Waals surface area contributed by atoms with Crippen LogP contribution in [0.2, 0.25) is 0 Å². The topological polar surface area (TPSA) is 65.2 Å². The van der Waals surface area contributed by atoms with Gasteiger partial charge in [-0.3, -0.25) is 0 Å². The first-order chi connectivity index (χ1) is 5.61. The van der Waals surface area contributed by atoms with E-state index in [0.29, 0.717) is 5.69 Å². The zero-order valence-corrected chi connectivity index (χ0v) is 7.72. The highest BCUT2D eigenvalue weighted by Crippen LogP contribution is 2.13. The summed E-state index contributed by atoms with van der Waals surface area (Å²) in [6.45, 7) is 3.56. The van der Waals surface area contributed by atoms with Crippen molar-refractivity contribution in [1.82, 2.24) is 4.37 Å². The van der Waals surface area contributed by atoms with Crippen LogP contribution in [0.15, 0.2) is 5.38 Å². The molecule has 5 heteroatoms. The Bertz CT molecular complexity index is 283. The largest absolute Gasteiger partial charge is 0.458 e. The summed E-state index contributed by atoms with van der Waals surface area (Å²) < 4.78 is 8.71. The average molecular weight is 186 g/mol. The van der Waals surface area contributed by atoms with Crippen molar-refractivity contribution >= 4 is 23.2 Å². The van der Waals surface area contributed by atoms with Crippen LogP contribution in [-0.2, 0) is 4.74 Å². The number of rotatable bonds is 2. The molecule has 0 aromatic carbocycles. The minimum atomic E-state index is -0.455. The summed E-state index contributed by atoms with van der Waals surface area (Å²) in [6.07, 6.45) is -0.140. The molecule has 1 heterocycles. The van der Waals surface area contributed by atoms with Crippen molar-refractivity contribution < 1.29 is 9.53 Å². The summed E-state index contributed by atoms with van der Waals surface area (Å²) in [4.78, 5) is 11.2. The third-order valence-electron chi connectivity index (χ3n) is 1.13. The van der Waals surface area contributed by atoms with Crippen molar-refractivity contribution in [2.45, 2.75) is 20.0 Å².